The first-order chi connectivity index (χ1) is 8.09. The summed E-state index contributed by atoms with van der Waals surface area (Å²) in [6, 6.07) is 8.41. The zero-order valence-electron chi connectivity index (χ0n) is 10.2. The lowest BCUT2D eigenvalue weighted by atomic mass is 9.96. The molecular weight excluding hydrogens is 276 g/mol. The van der Waals surface area contributed by atoms with E-state index in [0.29, 0.717) is 5.92 Å². The summed E-state index contributed by atoms with van der Waals surface area (Å²) in [5.41, 5.74) is 8.42. The lowest BCUT2D eigenvalue weighted by Gasteiger charge is -2.16. The molecule has 0 saturated carbocycles. The predicted molar refractivity (Wildman–Crippen MR) is 76.0 cm³/mol. The molecule has 0 aliphatic rings. The van der Waals surface area contributed by atoms with Gasteiger partial charge in [0.15, 0.2) is 0 Å². The third-order valence-corrected chi connectivity index (χ3v) is 3.80. The van der Waals surface area contributed by atoms with Gasteiger partial charge >= 0.3 is 0 Å². The van der Waals surface area contributed by atoms with Gasteiger partial charge in [0.25, 0.3) is 0 Å². The van der Waals surface area contributed by atoms with Crippen LogP contribution < -0.4 is 5.73 Å². The fraction of sp³-hybridized carbons (Fsp3) is 0.357. The molecule has 1 heterocycles. The molecule has 1 aromatic carbocycles. The Morgan fingerprint density at radius 2 is 2.06 bits per heavy atom. The van der Waals surface area contributed by atoms with Gasteiger partial charge in [0, 0.05) is 22.1 Å². The Balaban J connectivity index is 2.45. The Morgan fingerprint density at radius 1 is 1.29 bits per heavy atom. The SMILES string of the molecule is CC(C)C(N)Cc1ccc(Br)c2cccnc12. The normalized spacial score (nSPS) is 13.2. The van der Waals surface area contributed by atoms with Crippen molar-refractivity contribution in [3.63, 3.8) is 0 Å². The average Bonchev–Trinajstić information content (AvgIpc) is 2.33. The van der Waals surface area contributed by atoms with Gasteiger partial charge in [0.1, 0.15) is 0 Å². The lowest BCUT2D eigenvalue weighted by Crippen LogP contribution is -2.28. The van der Waals surface area contributed by atoms with E-state index < -0.39 is 0 Å². The van der Waals surface area contributed by atoms with E-state index in [9.17, 15) is 0 Å². The number of aromatic nitrogens is 1. The van der Waals surface area contributed by atoms with Gasteiger partial charge in [-0.3, -0.25) is 4.98 Å². The molecule has 0 radical (unpaired) electrons. The third kappa shape index (κ3) is 2.67. The van der Waals surface area contributed by atoms with Gasteiger partial charge < -0.3 is 5.73 Å². The zero-order chi connectivity index (χ0) is 12.4. The molecule has 90 valence electrons. The van der Waals surface area contributed by atoms with E-state index >= 15 is 0 Å². The van der Waals surface area contributed by atoms with E-state index in [-0.39, 0.29) is 6.04 Å². The number of benzene rings is 1. The second-order valence-electron chi connectivity index (χ2n) is 4.72. The van der Waals surface area contributed by atoms with Crippen molar-refractivity contribution in [2.75, 3.05) is 0 Å². The average molecular weight is 293 g/mol. The first kappa shape index (κ1) is 12.5. The van der Waals surface area contributed by atoms with Crippen LogP contribution in [0.4, 0.5) is 0 Å². The highest BCUT2D eigenvalue weighted by molar-refractivity contribution is 9.10. The minimum Gasteiger partial charge on any atom is -0.327 e. The van der Waals surface area contributed by atoms with Gasteiger partial charge in [-0.15, -0.1) is 0 Å². The van der Waals surface area contributed by atoms with Gasteiger partial charge in [-0.05, 0) is 30.0 Å². The summed E-state index contributed by atoms with van der Waals surface area (Å²) in [7, 11) is 0. The summed E-state index contributed by atoms with van der Waals surface area (Å²) in [5, 5.41) is 1.15. The Labute approximate surface area is 110 Å². The van der Waals surface area contributed by atoms with Crippen LogP contribution in [0.1, 0.15) is 19.4 Å². The number of hydrogen-bond donors (Lipinski definition) is 1. The molecule has 3 heteroatoms. The van der Waals surface area contributed by atoms with Crippen LogP contribution >= 0.6 is 15.9 Å². The molecule has 1 unspecified atom stereocenters. The number of nitrogens with zero attached hydrogens (tertiary/aromatic N) is 1. The second kappa shape index (κ2) is 5.15. The monoisotopic (exact) mass is 292 g/mol. The molecule has 0 spiro atoms. The number of fused-ring (bicyclic) bond motifs is 1. The van der Waals surface area contributed by atoms with E-state index in [1.165, 1.54) is 5.56 Å². The Morgan fingerprint density at radius 3 is 2.76 bits per heavy atom. The van der Waals surface area contributed by atoms with Crippen molar-refractivity contribution < 1.29 is 0 Å². The number of nitrogens with two attached hydrogens (primary N) is 1. The van der Waals surface area contributed by atoms with Crippen LogP contribution in [0, 0.1) is 5.92 Å². The summed E-state index contributed by atoms with van der Waals surface area (Å²) in [5.74, 6) is 0.484. The van der Waals surface area contributed by atoms with Crippen molar-refractivity contribution in [2.24, 2.45) is 11.7 Å². The summed E-state index contributed by atoms with van der Waals surface area (Å²) in [6.07, 6.45) is 2.71. The lowest BCUT2D eigenvalue weighted by molar-refractivity contribution is 0.491. The molecule has 0 aliphatic heterocycles. The maximum atomic E-state index is 6.14. The first-order valence-electron chi connectivity index (χ1n) is 5.87. The van der Waals surface area contributed by atoms with E-state index in [1.54, 1.807) is 0 Å². The maximum absolute atomic E-state index is 6.14. The van der Waals surface area contributed by atoms with Gasteiger partial charge in [-0.25, -0.2) is 0 Å². The van der Waals surface area contributed by atoms with Crippen molar-refractivity contribution in [1.29, 1.82) is 0 Å². The molecule has 2 rings (SSSR count). The quantitative estimate of drug-likeness (QED) is 0.940. The molecule has 0 bridgehead atoms. The van der Waals surface area contributed by atoms with Crippen LogP contribution in [0.3, 0.4) is 0 Å². The first-order valence-corrected chi connectivity index (χ1v) is 6.66. The molecule has 17 heavy (non-hydrogen) atoms. The summed E-state index contributed by atoms with van der Waals surface area (Å²) in [4.78, 5) is 4.47. The fourth-order valence-electron chi connectivity index (χ4n) is 1.85. The number of hydrogen-bond acceptors (Lipinski definition) is 2. The van der Waals surface area contributed by atoms with Crippen molar-refractivity contribution in [1.82, 2.24) is 4.98 Å². The van der Waals surface area contributed by atoms with E-state index in [1.807, 2.05) is 12.3 Å². The van der Waals surface area contributed by atoms with Crippen LogP contribution in [-0.2, 0) is 6.42 Å². The third-order valence-electron chi connectivity index (χ3n) is 3.11. The summed E-state index contributed by atoms with van der Waals surface area (Å²) < 4.78 is 1.09. The Bertz CT molecular complexity index is 523. The van der Waals surface area contributed by atoms with Crippen LogP contribution in [0.2, 0.25) is 0 Å². The maximum Gasteiger partial charge on any atom is 0.0745 e. The van der Waals surface area contributed by atoms with Crippen LogP contribution in [0.5, 0.6) is 0 Å². The minimum absolute atomic E-state index is 0.182. The largest absolute Gasteiger partial charge is 0.327 e. The second-order valence-corrected chi connectivity index (χ2v) is 5.57. The van der Waals surface area contributed by atoms with Crippen LogP contribution in [0.15, 0.2) is 34.9 Å². The topological polar surface area (TPSA) is 38.9 Å². The minimum atomic E-state index is 0.182. The Kier molecular flexibility index (Phi) is 3.79. The van der Waals surface area contributed by atoms with E-state index in [4.69, 9.17) is 5.73 Å². The number of halogens is 1. The molecule has 2 aromatic rings. The van der Waals surface area contributed by atoms with Crippen LogP contribution in [0.25, 0.3) is 10.9 Å². The summed E-state index contributed by atoms with van der Waals surface area (Å²) in [6.45, 7) is 4.30. The van der Waals surface area contributed by atoms with E-state index in [0.717, 1.165) is 21.8 Å². The molecule has 2 nitrogen and oxygen atoms in total. The highest BCUT2D eigenvalue weighted by Crippen LogP contribution is 2.26. The van der Waals surface area contributed by atoms with Gasteiger partial charge in [-0.2, -0.15) is 0 Å². The van der Waals surface area contributed by atoms with Crippen molar-refractivity contribution in [3.05, 3.63) is 40.5 Å². The molecule has 0 fully saturated rings. The predicted octanol–water partition coefficient (Wildman–Crippen LogP) is 3.52. The van der Waals surface area contributed by atoms with Gasteiger partial charge in [-0.1, -0.05) is 41.9 Å². The molecule has 0 amide bonds. The highest BCUT2D eigenvalue weighted by atomic mass is 79.9. The molecular formula is C14H17BrN2. The fourth-order valence-corrected chi connectivity index (χ4v) is 2.30. The smallest absolute Gasteiger partial charge is 0.0745 e. The molecule has 1 aromatic heterocycles. The molecule has 1 atom stereocenters. The standard InChI is InChI=1S/C14H17BrN2/c1-9(2)13(16)8-10-5-6-12(15)11-4-3-7-17-14(10)11/h3-7,9,13H,8,16H2,1-2H3. The summed E-state index contributed by atoms with van der Waals surface area (Å²) >= 11 is 3.55. The number of pyridine rings is 1. The molecule has 2 N–H and O–H groups in total. The van der Waals surface area contributed by atoms with Crippen molar-refractivity contribution in [3.8, 4) is 0 Å². The molecule has 0 aliphatic carbocycles. The van der Waals surface area contributed by atoms with Crippen molar-refractivity contribution in [2.45, 2.75) is 26.3 Å². The van der Waals surface area contributed by atoms with Gasteiger partial charge in [0.2, 0.25) is 0 Å². The molecule has 0 saturated heterocycles. The van der Waals surface area contributed by atoms with Gasteiger partial charge in [0.05, 0.1) is 5.52 Å². The van der Waals surface area contributed by atoms with Crippen LogP contribution in [-0.4, -0.2) is 11.0 Å². The highest BCUT2D eigenvalue weighted by Gasteiger charge is 2.12. The van der Waals surface area contributed by atoms with E-state index in [2.05, 4.69) is 53.0 Å². The number of rotatable bonds is 3. The Hall–Kier alpha value is -0.930. The zero-order valence-corrected chi connectivity index (χ0v) is 11.7. The van der Waals surface area contributed by atoms with Crippen molar-refractivity contribution >= 4 is 26.8 Å².